The maximum atomic E-state index is 11.8. The number of aromatic nitrogens is 1. The Morgan fingerprint density at radius 2 is 2.19 bits per heavy atom. The number of hydrogen-bond acceptors (Lipinski definition) is 5. The molecule has 110 valence electrons. The standard InChI is InChI=1S/C14H14ClN3O3/c1-9-7-13(18-20-9)17-14(19)10(2)21-16-8-11-3-5-12(15)6-4-11/h3-8,10H,1-2H3,(H,17,18,19)/b16-8+. The van der Waals surface area contributed by atoms with E-state index in [1.165, 1.54) is 6.21 Å². The maximum Gasteiger partial charge on any atom is 0.269 e. The van der Waals surface area contributed by atoms with Crippen LogP contribution in [-0.2, 0) is 9.63 Å². The molecule has 0 radical (unpaired) electrons. The number of aryl methyl sites for hydroxylation is 1. The van der Waals surface area contributed by atoms with E-state index >= 15 is 0 Å². The van der Waals surface area contributed by atoms with Gasteiger partial charge in [0, 0.05) is 11.1 Å². The van der Waals surface area contributed by atoms with Gasteiger partial charge in [0.05, 0.1) is 6.21 Å². The van der Waals surface area contributed by atoms with Crippen LogP contribution in [0.5, 0.6) is 0 Å². The monoisotopic (exact) mass is 307 g/mol. The number of rotatable bonds is 5. The molecule has 0 aliphatic heterocycles. The van der Waals surface area contributed by atoms with Gasteiger partial charge in [-0.3, -0.25) is 4.79 Å². The molecule has 2 rings (SSSR count). The fraction of sp³-hybridized carbons (Fsp3) is 0.214. The molecule has 0 fully saturated rings. The second kappa shape index (κ2) is 6.90. The van der Waals surface area contributed by atoms with Crippen LogP contribution in [0.2, 0.25) is 5.02 Å². The number of carbonyl (C=O) groups excluding carboxylic acids is 1. The zero-order valence-electron chi connectivity index (χ0n) is 11.5. The van der Waals surface area contributed by atoms with Crippen molar-refractivity contribution in [3.63, 3.8) is 0 Å². The lowest BCUT2D eigenvalue weighted by atomic mass is 10.2. The zero-order valence-corrected chi connectivity index (χ0v) is 12.3. The third-order valence-corrected chi connectivity index (χ3v) is 2.79. The number of benzene rings is 1. The third kappa shape index (κ3) is 4.61. The van der Waals surface area contributed by atoms with Gasteiger partial charge in [0.2, 0.25) is 6.10 Å². The lowest BCUT2D eigenvalue weighted by molar-refractivity contribution is -0.126. The molecule has 1 unspecified atom stereocenters. The molecule has 0 aliphatic carbocycles. The Kier molecular flexibility index (Phi) is 4.94. The molecule has 1 aromatic heterocycles. The third-order valence-electron chi connectivity index (χ3n) is 2.54. The largest absolute Gasteiger partial charge is 0.383 e. The Labute approximate surface area is 126 Å². The Morgan fingerprint density at radius 1 is 1.48 bits per heavy atom. The molecular weight excluding hydrogens is 294 g/mol. The van der Waals surface area contributed by atoms with Crippen molar-refractivity contribution in [2.75, 3.05) is 5.32 Å². The van der Waals surface area contributed by atoms with Gasteiger partial charge in [-0.05, 0) is 31.5 Å². The van der Waals surface area contributed by atoms with Gasteiger partial charge in [0.15, 0.2) is 5.82 Å². The maximum absolute atomic E-state index is 11.8. The molecule has 1 aromatic carbocycles. The van der Waals surface area contributed by atoms with Gasteiger partial charge in [-0.1, -0.05) is 34.0 Å². The number of halogens is 1. The molecule has 0 bridgehead atoms. The van der Waals surface area contributed by atoms with Gasteiger partial charge in [0.1, 0.15) is 5.76 Å². The second-order valence-electron chi connectivity index (χ2n) is 4.35. The summed E-state index contributed by atoms with van der Waals surface area (Å²) < 4.78 is 4.85. The molecule has 0 spiro atoms. The van der Waals surface area contributed by atoms with Crippen LogP contribution in [-0.4, -0.2) is 23.4 Å². The van der Waals surface area contributed by atoms with Crippen LogP contribution in [0.3, 0.4) is 0 Å². The molecule has 0 saturated carbocycles. The van der Waals surface area contributed by atoms with E-state index in [0.29, 0.717) is 16.6 Å². The van der Waals surface area contributed by atoms with Gasteiger partial charge in [-0.25, -0.2) is 0 Å². The molecular formula is C14H14ClN3O3. The number of anilines is 1. The molecule has 1 N–H and O–H groups in total. The summed E-state index contributed by atoms with van der Waals surface area (Å²) in [7, 11) is 0. The van der Waals surface area contributed by atoms with Crippen LogP contribution < -0.4 is 5.32 Å². The number of nitrogens with one attached hydrogen (secondary N) is 1. The number of carbonyl (C=O) groups is 1. The Morgan fingerprint density at radius 3 is 2.81 bits per heavy atom. The summed E-state index contributed by atoms with van der Waals surface area (Å²) in [5, 5.41) is 10.6. The SMILES string of the molecule is Cc1cc(NC(=O)C(C)O/N=C/c2ccc(Cl)cc2)no1. The highest BCUT2D eigenvalue weighted by molar-refractivity contribution is 6.30. The first-order chi connectivity index (χ1) is 10.0. The predicted molar refractivity (Wildman–Crippen MR) is 79.5 cm³/mol. The molecule has 21 heavy (non-hydrogen) atoms. The summed E-state index contributed by atoms with van der Waals surface area (Å²) in [6.07, 6.45) is 0.742. The highest BCUT2D eigenvalue weighted by atomic mass is 35.5. The van der Waals surface area contributed by atoms with E-state index in [9.17, 15) is 4.79 Å². The van der Waals surface area contributed by atoms with Gasteiger partial charge in [-0.15, -0.1) is 0 Å². The first-order valence-electron chi connectivity index (χ1n) is 6.23. The van der Waals surface area contributed by atoms with Crippen molar-refractivity contribution < 1.29 is 14.2 Å². The number of oxime groups is 1. The molecule has 0 aliphatic rings. The number of amides is 1. The van der Waals surface area contributed by atoms with Crippen molar-refractivity contribution in [2.45, 2.75) is 20.0 Å². The van der Waals surface area contributed by atoms with Gasteiger partial charge in [-0.2, -0.15) is 0 Å². The predicted octanol–water partition coefficient (Wildman–Crippen LogP) is 3.01. The fourth-order valence-corrected chi connectivity index (χ4v) is 1.56. The minimum Gasteiger partial charge on any atom is -0.383 e. The van der Waals surface area contributed by atoms with Crippen molar-refractivity contribution in [2.24, 2.45) is 5.16 Å². The fourth-order valence-electron chi connectivity index (χ4n) is 1.43. The Balaban J connectivity index is 1.84. The van der Waals surface area contributed by atoms with Crippen LogP contribution in [0.4, 0.5) is 5.82 Å². The Bertz CT molecular complexity index is 637. The summed E-state index contributed by atoms with van der Waals surface area (Å²) in [5.74, 6) is 0.589. The highest BCUT2D eigenvalue weighted by Gasteiger charge is 2.15. The summed E-state index contributed by atoms with van der Waals surface area (Å²) >= 11 is 5.77. The molecule has 2 aromatic rings. The van der Waals surface area contributed by atoms with E-state index in [0.717, 1.165) is 5.56 Å². The molecule has 6 nitrogen and oxygen atoms in total. The van der Waals surface area contributed by atoms with Crippen LogP contribution >= 0.6 is 11.6 Å². The summed E-state index contributed by atoms with van der Waals surface area (Å²) in [5.41, 5.74) is 0.819. The average molecular weight is 308 g/mol. The van der Waals surface area contributed by atoms with E-state index in [4.69, 9.17) is 21.0 Å². The van der Waals surface area contributed by atoms with Gasteiger partial charge in [0.25, 0.3) is 5.91 Å². The zero-order chi connectivity index (χ0) is 15.2. The Hall–Kier alpha value is -2.34. The van der Waals surface area contributed by atoms with Crippen LogP contribution in [0.25, 0.3) is 0 Å². The number of hydrogen-bond donors (Lipinski definition) is 1. The van der Waals surface area contributed by atoms with Gasteiger partial charge >= 0.3 is 0 Å². The van der Waals surface area contributed by atoms with Crippen molar-refractivity contribution in [1.29, 1.82) is 0 Å². The van der Waals surface area contributed by atoms with Crippen molar-refractivity contribution in [3.05, 3.63) is 46.7 Å². The average Bonchev–Trinajstić information content (AvgIpc) is 2.86. The topological polar surface area (TPSA) is 76.7 Å². The highest BCUT2D eigenvalue weighted by Crippen LogP contribution is 2.09. The van der Waals surface area contributed by atoms with Crippen molar-refractivity contribution >= 4 is 29.5 Å². The summed E-state index contributed by atoms with van der Waals surface area (Å²) in [6.45, 7) is 3.32. The summed E-state index contributed by atoms with van der Waals surface area (Å²) in [4.78, 5) is 16.9. The molecule has 0 saturated heterocycles. The van der Waals surface area contributed by atoms with Crippen molar-refractivity contribution in [1.82, 2.24) is 5.16 Å². The lowest BCUT2D eigenvalue weighted by Gasteiger charge is -2.08. The lowest BCUT2D eigenvalue weighted by Crippen LogP contribution is -2.26. The van der Waals surface area contributed by atoms with Crippen LogP contribution in [0, 0.1) is 6.92 Å². The minimum absolute atomic E-state index is 0.342. The molecule has 1 heterocycles. The first kappa shape index (κ1) is 15.1. The molecule has 1 atom stereocenters. The minimum atomic E-state index is -0.759. The van der Waals surface area contributed by atoms with E-state index in [2.05, 4.69) is 15.6 Å². The second-order valence-corrected chi connectivity index (χ2v) is 4.78. The van der Waals surface area contributed by atoms with E-state index in [1.54, 1.807) is 44.2 Å². The quantitative estimate of drug-likeness (QED) is 0.680. The van der Waals surface area contributed by atoms with Gasteiger partial charge < -0.3 is 14.7 Å². The normalized spacial score (nSPS) is 12.3. The van der Waals surface area contributed by atoms with Crippen LogP contribution in [0.1, 0.15) is 18.2 Å². The van der Waals surface area contributed by atoms with E-state index in [-0.39, 0.29) is 5.91 Å². The van der Waals surface area contributed by atoms with Crippen molar-refractivity contribution in [3.8, 4) is 0 Å². The first-order valence-corrected chi connectivity index (χ1v) is 6.61. The molecule has 1 amide bonds. The van der Waals surface area contributed by atoms with E-state index < -0.39 is 6.10 Å². The summed E-state index contributed by atoms with van der Waals surface area (Å²) in [6, 6.07) is 8.68. The van der Waals surface area contributed by atoms with Crippen LogP contribution in [0.15, 0.2) is 40.0 Å². The van der Waals surface area contributed by atoms with E-state index in [1.807, 2.05) is 0 Å². The number of nitrogens with zero attached hydrogens (tertiary/aromatic N) is 2. The molecule has 7 heteroatoms. The smallest absolute Gasteiger partial charge is 0.269 e.